The molecule has 0 atom stereocenters. The lowest BCUT2D eigenvalue weighted by Gasteiger charge is -2.04. The molecule has 0 amide bonds. The number of hydrogen-bond acceptors (Lipinski definition) is 3. The van der Waals surface area contributed by atoms with Gasteiger partial charge in [-0.05, 0) is 13.3 Å². The van der Waals surface area contributed by atoms with Gasteiger partial charge in [0.05, 0.1) is 6.61 Å². The van der Waals surface area contributed by atoms with Crippen molar-refractivity contribution in [3.8, 4) is 0 Å². The van der Waals surface area contributed by atoms with Crippen molar-refractivity contribution in [1.82, 2.24) is 0 Å². The van der Waals surface area contributed by atoms with Crippen molar-refractivity contribution < 1.29 is 14.3 Å². The second kappa shape index (κ2) is 16.3. The molecule has 20 heavy (non-hydrogen) atoms. The number of carbonyl (C=O) groups excluding carboxylic acids is 1. The Bertz CT molecular complexity index is 204. The summed E-state index contributed by atoms with van der Waals surface area (Å²) in [6.45, 7) is 5.73. The maximum absolute atomic E-state index is 10.9. The van der Waals surface area contributed by atoms with Gasteiger partial charge in [-0.1, -0.05) is 77.6 Å². The van der Waals surface area contributed by atoms with Crippen molar-refractivity contribution in [2.75, 3.05) is 6.61 Å². The van der Waals surface area contributed by atoms with Crippen LogP contribution in [0.5, 0.6) is 0 Å². The fourth-order valence-corrected chi connectivity index (χ4v) is 2.23. The van der Waals surface area contributed by atoms with E-state index in [1.54, 1.807) is 6.92 Å². The normalized spacial score (nSPS) is 10.5. The molecule has 0 aliphatic heterocycles. The van der Waals surface area contributed by atoms with E-state index in [-0.39, 0.29) is 0 Å². The highest BCUT2D eigenvalue weighted by Gasteiger charge is 2.00. The van der Waals surface area contributed by atoms with Gasteiger partial charge in [0.25, 0.3) is 0 Å². The zero-order chi connectivity index (χ0) is 14.9. The molecule has 0 bridgehead atoms. The Hall–Kier alpha value is -0.730. The van der Waals surface area contributed by atoms with Gasteiger partial charge in [0.2, 0.25) is 0 Å². The highest BCUT2D eigenvalue weighted by molar-refractivity contribution is 5.60. The molecule has 0 rings (SSSR count). The molecule has 0 saturated carbocycles. The molecule has 0 aromatic carbocycles. The molecule has 0 spiro atoms. The van der Waals surface area contributed by atoms with Gasteiger partial charge in [-0.15, -0.1) is 0 Å². The Labute approximate surface area is 125 Å². The largest absolute Gasteiger partial charge is 0.508 e. The van der Waals surface area contributed by atoms with Crippen LogP contribution in [0.4, 0.5) is 4.79 Å². The molecule has 0 aliphatic rings. The summed E-state index contributed by atoms with van der Waals surface area (Å²) in [7, 11) is 0. The fraction of sp³-hybridized carbons (Fsp3) is 0.882. The third kappa shape index (κ3) is 15.3. The van der Waals surface area contributed by atoms with Crippen molar-refractivity contribution in [1.29, 1.82) is 0 Å². The maximum atomic E-state index is 10.9. The number of unbranched alkanes of at least 4 members (excludes halogenated alkanes) is 11. The summed E-state index contributed by atoms with van der Waals surface area (Å²) in [5.41, 5.74) is 0. The number of ether oxygens (including phenoxy) is 2. The van der Waals surface area contributed by atoms with Crippen LogP contribution in [-0.4, -0.2) is 12.8 Å². The van der Waals surface area contributed by atoms with Gasteiger partial charge in [0.15, 0.2) is 0 Å². The first-order chi connectivity index (χ1) is 9.81. The number of hydrogen-bond donors (Lipinski definition) is 0. The lowest BCUT2D eigenvalue weighted by Crippen LogP contribution is -2.05. The van der Waals surface area contributed by atoms with Crippen LogP contribution in [-0.2, 0) is 9.47 Å². The van der Waals surface area contributed by atoms with E-state index in [1.165, 1.54) is 70.8 Å². The predicted molar refractivity (Wildman–Crippen MR) is 83.5 cm³/mol. The summed E-state index contributed by atoms with van der Waals surface area (Å²) in [4.78, 5) is 10.9. The van der Waals surface area contributed by atoms with Crippen molar-refractivity contribution in [3.05, 3.63) is 6.61 Å². The van der Waals surface area contributed by atoms with E-state index in [0.29, 0.717) is 6.61 Å². The lowest BCUT2D eigenvalue weighted by atomic mass is 10.1. The van der Waals surface area contributed by atoms with Gasteiger partial charge in [-0.25, -0.2) is 4.79 Å². The summed E-state index contributed by atoms with van der Waals surface area (Å²) < 4.78 is 9.44. The summed E-state index contributed by atoms with van der Waals surface area (Å²) in [6.07, 6.45) is 15.1. The molecule has 0 heterocycles. The molecule has 0 saturated heterocycles. The van der Waals surface area contributed by atoms with E-state index in [4.69, 9.17) is 4.74 Å². The van der Waals surface area contributed by atoms with Crippen molar-refractivity contribution in [2.24, 2.45) is 0 Å². The standard InChI is InChI=1S/C17H33O3/c1-3-5-6-7-8-9-10-11-12-13-14-15-16-20-17(18)19-4-2/h4H,3,5-16H2,1-2H3. The Morgan fingerprint density at radius 3 is 1.70 bits per heavy atom. The number of carbonyl (C=O) groups is 1. The van der Waals surface area contributed by atoms with Crippen LogP contribution in [0.1, 0.15) is 90.9 Å². The first-order valence-electron chi connectivity index (χ1n) is 8.42. The molecule has 1 radical (unpaired) electrons. The minimum Gasteiger partial charge on any atom is -0.434 e. The van der Waals surface area contributed by atoms with Crippen LogP contribution in [0.2, 0.25) is 0 Å². The zero-order valence-electron chi connectivity index (χ0n) is 13.5. The molecule has 0 N–H and O–H groups in total. The van der Waals surface area contributed by atoms with E-state index in [9.17, 15) is 4.79 Å². The van der Waals surface area contributed by atoms with E-state index in [2.05, 4.69) is 11.7 Å². The highest BCUT2D eigenvalue weighted by atomic mass is 16.7. The average Bonchev–Trinajstić information content (AvgIpc) is 2.44. The molecule has 0 aromatic heterocycles. The highest BCUT2D eigenvalue weighted by Crippen LogP contribution is 2.11. The third-order valence-electron chi connectivity index (χ3n) is 3.43. The van der Waals surface area contributed by atoms with Crippen molar-refractivity contribution >= 4 is 6.16 Å². The van der Waals surface area contributed by atoms with Crippen LogP contribution < -0.4 is 0 Å². The van der Waals surface area contributed by atoms with Crippen LogP contribution >= 0.6 is 0 Å². The second-order valence-electron chi connectivity index (χ2n) is 5.34. The summed E-state index contributed by atoms with van der Waals surface area (Å²) >= 11 is 0. The smallest absolute Gasteiger partial charge is 0.434 e. The third-order valence-corrected chi connectivity index (χ3v) is 3.43. The van der Waals surface area contributed by atoms with Gasteiger partial charge in [0.1, 0.15) is 6.61 Å². The minimum atomic E-state index is -0.587. The van der Waals surface area contributed by atoms with Crippen LogP contribution in [0.3, 0.4) is 0 Å². The van der Waals surface area contributed by atoms with E-state index >= 15 is 0 Å². The molecule has 3 nitrogen and oxygen atoms in total. The molecule has 3 heteroatoms. The summed E-state index contributed by atoms with van der Waals surface area (Å²) in [6, 6.07) is 0. The van der Waals surface area contributed by atoms with Crippen LogP contribution in [0.15, 0.2) is 0 Å². The molecular weight excluding hydrogens is 252 g/mol. The first-order valence-corrected chi connectivity index (χ1v) is 8.42. The molecular formula is C17H33O3. The summed E-state index contributed by atoms with van der Waals surface area (Å²) in [5.74, 6) is 0. The minimum absolute atomic E-state index is 0.476. The first kappa shape index (κ1) is 19.3. The quantitative estimate of drug-likeness (QED) is 0.289. The zero-order valence-corrected chi connectivity index (χ0v) is 13.5. The van der Waals surface area contributed by atoms with E-state index in [1.807, 2.05) is 0 Å². The monoisotopic (exact) mass is 285 g/mol. The lowest BCUT2D eigenvalue weighted by molar-refractivity contribution is 0.0734. The van der Waals surface area contributed by atoms with Gasteiger partial charge >= 0.3 is 6.16 Å². The van der Waals surface area contributed by atoms with E-state index < -0.39 is 6.16 Å². The predicted octanol–water partition coefficient (Wildman–Crippen LogP) is 6.02. The second-order valence-corrected chi connectivity index (χ2v) is 5.34. The molecule has 119 valence electrons. The van der Waals surface area contributed by atoms with Gasteiger partial charge in [-0.3, -0.25) is 0 Å². The maximum Gasteiger partial charge on any atom is 0.508 e. The molecule has 0 fully saturated rings. The van der Waals surface area contributed by atoms with Gasteiger partial charge < -0.3 is 9.47 Å². The van der Waals surface area contributed by atoms with Crippen molar-refractivity contribution in [3.63, 3.8) is 0 Å². The summed E-state index contributed by atoms with van der Waals surface area (Å²) in [5, 5.41) is 0. The van der Waals surface area contributed by atoms with Gasteiger partial charge in [0, 0.05) is 0 Å². The van der Waals surface area contributed by atoms with Crippen LogP contribution in [0.25, 0.3) is 0 Å². The SMILES string of the molecule is C[CH]OC(=O)OCCCCCCCCCCCCCC. The topological polar surface area (TPSA) is 35.5 Å². The molecule has 0 aromatic rings. The number of rotatable bonds is 14. The van der Waals surface area contributed by atoms with E-state index in [0.717, 1.165) is 12.8 Å². The Morgan fingerprint density at radius 2 is 1.25 bits per heavy atom. The average molecular weight is 285 g/mol. The Morgan fingerprint density at radius 1 is 0.800 bits per heavy atom. The Kier molecular flexibility index (Phi) is 15.7. The van der Waals surface area contributed by atoms with Crippen molar-refractivity contribution in [2.45, 2.75) is 90.9 Å². The Balaban J connectivity index is 3.01. The molecule has 0 aliphatic carbocycles. The molecule has 0 unspecified atom stereocenters. The van der Waals surface area contributed by atoms with Gasteiger partial charge in [-0.2, -0.15) is 0 Å². The fourth-order valence-electron chi connectivity index (χ4n) is 2.23. The van der Waals surface area contributed by atoms with Crippen LogP contribution in [0, 0.1) is 6.61 Å².